The van der Waals surface area contributed by atoms with E-state index < -0.39 is 11.7 Å². The van der Waals surface area contributed by atoms with Crippen molar-refractivity contribution in [3.63, 3.8) is 0 Å². The highest BCUT2D eigenvalue weighted by atomic mass is 16.6. The highest BCUT2D eigenvalue weighted by molar-refractivity contribution is 5.90. The number of carbonyl (C=O) groups excluding carboxylic acids is 3. The molecule has 3 aromatic carbocycles. The second kappa shape index (κ2) is 10.3. The fourth-order valence-corrected chi connectivity index (χ4v) is 5.27. The molecule has 9 heteroatoms. The van der Waals surface area contributed by atoms with E-state index in [1.165, 1.54) is 0 Å². The zero-order valence-corrected chi connectivity index (χ0v) is 21.4. The van der Waals surface area contributed by atoms with Gasteiger partial charge in [0.2, 0.25) is 0 Å². The quantitative estimate of drug-likeness (QED) is 0.506. The minimum absolute atomic E-state index is 0.0739. The van der Waals surface area contributed by atoms with E-state index >= 15 is 0 Å². The smallest absolute Gasteiger partial charge is 0.415 e. The van der Waals surface area contributed by atoms with Gasteiger partial charge in [0.15, 0.2) is 6.61 Å². The summed E-state index contributed by atoms with van der Waals surface area (Å²) in [5.41, 5.74) is 3.35. The summed E-state index contributed by atoms with van der Waals surface area (Å²) >= 11 is 0. The Morgan fingerprint density at radius 2 is 1.62 bits per heavy atom. The van der Waals surface area contributed by atoms with Crippen LogP contribution >= 0.6 is 0 Å². The van der Waals surface area contributed by atoms with Crippen LogP contribution < -0.4 is 15.0 Å². The molecule has 3 saturated heterocycles. The van der Waals surface area contributed by atoms with Gasteiger partial charge in [0, 0.05) is 31.6 Å². The van der Waals surface area contributed by atoms with E-state index in [-0.39, 0.29) is 24.7 Å². The molecular formula is C30H29N3O6. The van der Waals surface area contributed by atoms with Crippen molar-refractivity contribution in [3.05, 3.63) is 84.4 Å². The first-order valence-electron chi connectivity index (χ1n) is 13.1. The van der Waals surface area contributed by atoms with Crippen molar-refractivity contribution >= 4 is 23.8 Å². The zero-order valence-electron chi connectivity index (χ0n) is 21.4. The predicted octanol–water partition coefficient (Wildman–Crippen LogP) is 4.53. The minimum atomic E-state index is -0.491. The van der Waals surface area contributed by atoms with E-state index in [2.05, 4.69) is 17.4 Å². The molecule has 3 heterocycles. The van der Waals surface area contributed by atoms with Gasteiger partial charge in [-0.3, -0.25) is 9.69 Å². The van der Waals surface area contributed by atoms with Gasteiger partial charge in [0.25, 0.3) is 5.91 Å². The lowest BCUT2D eigenvalue weighted by Crippen LogP contribution is -2.49. The van der Waals surface area contributed by atoms with E-state index in [0.29, 0.717) is 44.8 Å². The first-order chi connectivity index (χ1) is 19.0. The molecule has 9 nitrogen and oxygen atoms in total. The third-order valence-corrected chi connectivity index (χ3v) is 7.60. The summed E-state index contributed by atoms with van der Waals surface area (Å²) in [6.45, 7) is 1.87. The van der Waals surface area contributed by atoms with Crippen molar-refractivity contribution in [2.45, 2.75) is 24.5 Å². The number of alkyl carbamates (subject to hydrolysis) is 1. The van der Waals surface area contributed by atoms with Crippen LogP contribution in [-0.4, -0.2) is 61.4 Å². The number of nitrogens with zero attached hydrogens (tertiary/aromatic N) is 2. The SMILES string of the molecule is O=C1NCC2(CCN(C(=O)COc3ccc(C4CN(c5ccc(-c6ccccc6)cc5)C(=O)O4)cc3)CC2)O1. The van der Waals surface area contributed by atoms with Crippen LogP contribution in [0.25, 0.3) is 11.1 Å². The summed E-state index contributed by atoms with van der Waals surface area (Å²) in [5, 5.41) is 2.70. The third-order valence-electron chi connectivity index (χ3n) is 7.60. The number of cyclic esters (lactones) is 1. The van der Waals surface area contributed by atoms with Gasteiger partial charge < -0.3 is 24.4 Å². The highest BCUT2D eigenvalue weighted by Crippen LogP contribution is 2.33. The lowest BCUT2D eigenvalue weighted by atomic mass is 9.91. The summed E-state index contributed by atoms with van der Waals surface area (Å²) in [6, 6.07) is 25.2. The van der Waals surface area contributed by atoms with Crippen LogP contribution in [0.2, 0.25) is 0 Å². The highest BCUT2D eigenvalue weighted by Gasteiger charge is 2.43. The van der Waals surface area contributed by atoms with Gasteiger partial charge in [-0.15, -0.1) is 0 Å². The number of benzene rings is 3. The molecule has 200 valence electrons. The number of nitrogens with one attached hydrogen (secondary N) is 1. The molecule has 1 atom stereocenters. The number of anilines is 1. The normalized spacial score (nSPS) is 19.9. The molecule has 1 N–H and O–H groups in total. The fourth-order valence-electron chi connectivity index (χ4n) is 5.27. The summed E-state index contributed by atoms with van der Waals surface area (Å²) in [5.74, 6) is 0.456. The van der Waals surface area contributed by atoms with Crippen molar-refractivity contribution in [2.24, 2.45) is 0 Å². The number of piperidine rings is 1. The maximum absolute atomic E-state index is 12.6. The van der Waals surface area contributed by atoms with Crippen LogP contribution in [0.3, 0.4) is 0 Å². The maximum Gasteiger partial charge on any atom is 0.415 e. The van der Waals surface area contributed by atoms with E-state index in [1.54, 1.807) is 21.9 Å². The number of hydrogen-bond donors (Lipinski definition) is 1. The van der Waals surface area contributed by atoms with Crippen LogP contribution in [0.4, 0.5) is 15.3 Å². The van der Waals surface area contributed by atoms with Gasteiger partial charge in [0.1, 0.15) is 17.5 Å². The first-order valence-corrected chi connectivity index (χ1v) is 13.1. The Kier molecular flexibility index (Phi) is 6.56. The van der Waals surface area contributed by atoms with Crippen LogP contribution in [0, 0.1) is 0 Å². The number of likely N-dealkylation sites (tertiary alicyclic amines) is 1. The number of carbonyl (C=O) groups is 3. The van der Waals surface area contributed by atoms with Gasteiger partial charge in [0.05, 0.1) is 13.1 Å². The number of ether oxygens (including phenoxy) is 3. The first kappa shape index (κ1) is 24.8. The number of hydrogen-bond acceptors (Lipinski definition) is 6. The summed E-state index contributed by atoms with van der Waals surface area (Å²) < 4.78 is 16.8. The molecule has 6 rings (SSSR count). The van der Waals surface area contributed by atoms with Crippen molar-refractivity contribution in [1.29, 1.82) is 0 Å². The summed E-state index contributed by atoms with van der Waals surface area (Å²) in [6.07, 6.45) is 0.0480. The van der Waals surface area contributed by atoms with Gasteiger partial charge in [-0.2, -0.15) is 0 Å². The molecule has 3 aliphatic rings. The third kappa shape index (κ3) is 5.25. The molecule has 3 aliphatic heterocycles. The van der Waals surface area contributed by atoms with Crippen LogP contribution in [0.15, 0.2) is 78.9 Å². The maximum atomic E-state index is 12.6. The van der Waals surface area contributed by atoms with Crippen molar-refractivity contribution < 1.29 is 28.6 Å². The Hall–Kier alpha value is -4.53. The molecular weight excluding hydrogens is 498 g/mol. The summed E-state index contributed by atoms with van der Waals surface area (Å²) in [7, 11) is 0. The molecule has 1 spiro atoms. The average molecular weight is 528 g/mol. The largest absolute Gasteiger partial charge is 0.484 e. The zero-order chi connectivity index (χ0) is 26.8. The molecule has 0 aliphatic carbocycles. The standard InChI is InChI=1S/C30H29N3O6/c34-27(32-16-14-30(15-17-32)20-31-28(35)39-30)19-37-25-12-8-23(9-13-25)26-18-33(29(36)38-26)24-10-6-22(7-11-24)21-4-2-1-3-5-21/h1-13,26H,14-20H2,(H,31,35). The van der Waals surface area contributed by atoms with Crippen LogP contribution in [0.5, 0.6) is 5.75 Å². The van der Waals surface area contributed by atoms with E-state index in [1.807, 2.05) is 54.6 Å². The van der Waals surface area contributed by atoms with E-state index in [4.69, 9.17) is 14.2 Å². The number of amides is 3. The molecule has 3 fully saturated rings. The lowest BCUT2D eigenvalue weighted by molar-refractivity contribution is -0.136. The average Bonchev–Trinajstić information content (AvgIpc) is 3.55. The monoisotopic (exact) mass is 527 g/mol. The van der Waals surface area contributed by atoms with E-state index in [9.17, 15) is 14.4 Å². The molecule has 1 unspecified atom stereocenters. The minimum Gasteiger partial charge on any atom is -0.484 e. The molecule has 3 amide bonds. The fraction of sp³-hybridized carbons (Fsp3) is 0.300. The van der Waals surface area contributed by atoms with Gasteiger partial charge in [-0.05, 0) is 41.0 Å². The second-order valence-corrected chi connectivity index (χ2v) is 10.1. The van der Waals surface area contributed by atoms with Gasteiger partial charge in [-0.25, -0.2) is 9.59 Å². The Balaban J connectivity index is 1.01. The topological polar surface area (TPSA) is 97.4 Å². The van der Waals surface area contributed by atoms with E-state index in [0.717, 1.165) is 22.4 Å². The van der Waals surface area contributed by atoms with Crippen molar-refractivity contribution in [3.8, 4) is 16.9 Å². The summed E-state index contributed by atoms with van der Waals surface area (Å²) in [4.78, 5) is 40.0. The molecule has 0 aromatic heterocycles. The molecule has 0 radical (unpaired) electrons. The Labute approximate surface area is 226 Å². The Morgan fingerprint density at radius 1 is 0.923 bits per heavy atom. The molecule has 0 bridgehead atoms. The lowest BCUT2D eigenvalue weighted by Gasteiger charge is -2.37. The van der Waals surface area contributed by atoms with Crippen LogP contribution in [-0.2, 0) is 14.3 Å². The second-order valence-electron chi connectivity index (χ2n) is 10.1. The molecule has 0 saturated carbocycles. The predicted molar refractivity (Wildman–Crippen MR) is 143 cm³/mol. The number of rotatable bonds is 6. The Bertz CT molecular complexity index is 1350. The van der Waals surface area contributed by atoms with Crippen molar-refractivity contribution in [1.82, 2.24) is 10.2 Å². The molecule has 39 heavy (non-hydrogen) atoms. The molecule has 3 aromatic rings. The van der Waals surface area contributed by atoms with Gasteiger partial charge in [-0.1, -0.05) is 54.6 Å². The Morgan fingerprint density at radius 3 is 2.28 bits per heavy atom. The van der Waals surface area contributed by atoms with Gasteiger partial charge >= 0.3 is 12.2 Å². The van der Waals surface area contributed by atoms with Crippen LogP contribution in [0.1, 0.15) is 24.5 Å². The van der Waals surface area contributed by atoms with Crippen molar-refractivity contribution in [2.75, 3.05) is 37.7 Å².